The number of amides is 1. The Morgan fingerprint density at radius 1 is 1.25 bits per heavy atom. The van der Waals surface area contributed by atoms with Gasteiger partial charge >= 0.3 is 0 Å². The highest BCUT2D eigenvalue weighted by Crippen LogP contribution is 2.35. The highest BCUT2D eigenvalue weighted by Gasteiger charge is 2.27. The quantitative estimate of drug-likeness (QED) is 0.736. The first-order valence-electron chi connectivity index (χ1n) is 9.31. The Morgan fingerprint density at radius 2 is 2.18 bits per heavy atom. The second kappa shape index (κ2) is 7.24. The van der Waals surface area contributed by atoms with Gasteiger partial charge in [0.05, 0.1) is 5.69 Å². The average molecular weight is 393 g/mol. The van der Waals surface area contributed by atoms with Crippen molar-refractivity contribution in [3.05, 3.63) is 58.9 Å². The van der Waals surface area contributed by atoms with Gasteiger partial charge in [0.2, 0.25) is 12.7 Å². The van der Waals surface area contributed by atoms with Crippen molar-refractivity contribution in [2.24, 2.45) is 5.92 Å². The van der Waals surface area contributed by atoms with E-state index in [1.807, 2.05) is 36.5 Å². The molecule has 6 nitrogen and oxygen atoms in total. The molecule has 2 aliphatic rings. The summed E-state index contributed by atoms with van der Waals surface area (Å²) in [5.74, 6) is 1.58. The van der Waals surface area contributed by atoms with Crippen LogP contribution >= 0.6 is 11.3 Å². The lowest BCUT2D eigenvalue weighted by atomic mass is 9.90. The van der Waals surface area contributed by atoms with E-state index in [4.69, 9.17) is 14.5 Å². The summed E-state index contributed by atoms with van der Waals surface area (Å²) in [6, 6.07) is 9.70. The minimum Gasteiger partial charge on any atom is -0.454 e. The number of carbonyl (C=O) groups excluding carboxylic acids is 1. The topological polar surface area (TPSA) is 73.3 Å². The Kier molecular flexibility index (Phi) is 4.44. The number of aromatic nitrogens is 2. The van der Waals surface area contributed by atoms with Gasteiger partial charge < -0.3 is 14.8 Å². The van der Waals surface area contributed by atoms with Crippen molar-refractivity contribution in [1.29, 1.82) is 0 Å². The second-order valence-electron chi connectivity index (χ2n) is 6.98. The molecule has 1 amide bonds. The second-order valence-corrected chi connectivity index (χ2v) is 8.06. The average Bonchev–Trinajstić information content (AvgIpc) is 3.38. The lowest BCUT2D eigenvalue weighted by Crippen LogP contribution is -2.33. The van der Waals surface area contributed by atoms with Crippen LogP contribution in [0.3, 0.4) is 0 Å². The summed E-state index contributed by atoms with van der Waals surface area (Å²) in [7, 11) is 0. The van der Waals surface area contributed by atoms with Gasteiger partial charge in [-0.1, -0.05) is 6.07 Å². The van der Waals surface area contributed by atoms with Crippen molar-refractivity contribution in [3.63, 3.8) is 0 Å². The summed E-state index contributed by atoms with van der Waals surface area (Å²) >= 11 is 1.68. The normalized spacial score (nSPS) is 17.2. The summed E-state index contributed by atoms with van der Waals surface area (Å²) < 4.78 is 10.7. The Labute approximate surface area is 166 Å². The third-order valence-electron chi connectivity index (χ3n) is 5.12. The molecule has 0 spiro atoms. The van der Waals surface area contributed by atoms with Crippen LogP contribution in [0.5, 0.6) is 11.5 Å². The van der Waals surface area contributed by atoms with E-state index in [0.717, 1.165) is 52.6 Å². The van der Waals surface area contributed by atoms with Crippen molar-refractivity contribution in [3.8, 4) is 22.1 Å². The maximum absolute atomic E-state index is 12.7. The van der Waals surface area contributed by atoms with Crippen LogP contribution in [0, 0.1) is 5.92 Å². The van der Waals surface area contributed by atoms with E-state index in [1.54, 1.807) is 17.5 Å². The Bertz CT molecular complexity index is 1020. The number of nitrogens with zero attached hydrogens (tertiary/aromatic N) is 2. The number of carbonyl (C=O) groups is 1. The monoisotopic (exact) mass is 393 g/mol. The molecular weight excluding hydrogens is 374 g/mol. The number of thiazole rings is 1. The first-order chi connectivity index (χ1) is 13.8. The van der Waals surface area contributed by atoms with Crippen LogP contribution in [0.4, 0.5) is 0 Å². The van der Waals surface area contributed by atoms with Crippen LogP contribution in [0.2, 0.25) is 0 Å². The van der Waals surface area contributed by atoms with Gasteiger partial charge in [-0.2, -0.15) is 0 Å². The summed E-state index contributed by atoms with van der Waals surface area (Å²) in [4.78, 5) is 22.8. The third-order valence-corrected chi connectivity index (χ3v) is 6.29. The van der Waals surface area contributed by atoms with Crippen LogP contribution in [0.1, 0.15) is 22.6 Å². The summed E-state index contributed by atoms with van der Waals surface area (Å²) in [6.07, 6.45) is 6.02. The lowest BCUT2D eigenvalue weighted by Gasteiger charge is -2.20. The van der Waals surface area contributed by atoms with Gasteiger partial charge in [0.1, 0.15) is 5.01 Å². The number of rotatable bonds is 4. The number of pyridine rings is 1. The van der Waals surface area contributed by atoms with Crippen molar-refractivity contribution in [2.45, 2.75) is 25.8 Å². The highest BCUT2D eigenvalue weighted by molar-refractivity contribution is 7.15. The highest BCUT2D eigenvalue weighted by atomic mass is 32.1. The van der Waals surface area contributed by atoms with E-state index in [9.17, 15) is 4.79 Å². The van der Waals surface area contributed by atoms with E-state index in [0.29, 0.717) is 6.54 Å². The van der Waals surface area contributed by atoms with E-state index >= 15 is 0 Å². The van der Waals surface area contributed by atoms with E-state index < -0.39 is 0 Å². The molecule has 7 heteroatoms. The number of fused-ring (bicyclic) bond motifs is 2. The number of hydrogen-bond donors (Lipinski definition) is 1. The molecule has 1 atom stereocenters. The Hall–Kier alpha value is -2.93. The lowest BCUT2D eigenvalue weighted by molar-refractivity contribution is -0.125. The zero-order chi connectivity index (χ0) is 18.9. The Balaban J connectivity index is 1.23. The SMILES string of the molecule is O=C(NCc1ccc2c(c1)OCO2)C1CCc2nc(-c3cccnc3)sc2C1. The van der Waals surface area contributed by atoms with Gasteiger partial charge in [0.25, 0.3) is 0 Å². The summed E-state index contributed by atoms with van der Waals surface area (Å²) in [5, 5.41) is 4.05. The molecule has 1 aliphatic heterocycles. The molecule has 0 fully saturated rings. The predicted molar refractivity (Wildman–Crippen MR) is 105 cm³/mol. The third kappa shape index (κ3) is 3.33. The zero-order valence-corrected chi connectivity index (χ0v) is 16.0. The van der Waals surface area contributed by atoms with Crippen molar-refractivity contribution in [2.75, 3.05) is 6.79 Å². The van der Waals surface area contributed by atoms with Crippen molar-refractivity contribution in [1.82, 2.24) is 15.3 Å². The van der Waals surface area contributed by atoms with Gasteiger partial charge in [0, 0.05) is 35.3 Å². The molecule has 3 heterocycles. The largest absolute Gasteiger partial charge is 0.454 e. The fourth-order valence-corrected chi connectivity index (χ4v) is 4.77. The molecular formula is C21H19N3O3S. The zero-order valence-electron chi connectivity index (χ0n) is 15.2. The van der Waals surface area contributed by atoms with Crippen LogP contribution in [-0.2, 0) is 24.2 Å². The maximum Gasteiger partial charge on any atom is 0.231 e. The van der Waals surface area contributed by atoms with Crippen LogP contribution in [0.25, 0.3) is 10.6 Å². The van der Waals surface area contributed by atoms with Gasteiger partial charge in [0.15, 0.2) is 11.5 Å². The minimum absolute atomic E-state index is 0.0105. The summed E-state index contributed by atoms with van der Waals surface area (Å²) in [6.45, 7) is 0.744. The number of benzene rings is 1. The number of hydrogen-bond acceptors (Lipinski definition) is 6. The standard InChI is InChI=1S/C21H19N3O3S/c25-20(23-10-13-3-6-17-18(8-13)27-12-26-17)14-4-5-16-19(9-14)28-21(24-16)15-2-1-7-22-11-15/h1-3,6-8,11,14H,4-5,9-10,12H2,(H,23,25). The molecule has 1 aromatic carbocycles. The molecule has 142 valence electrons. The van der Waals surface area contributed by atoms with Gasteiger partial charge in [-0.05, 0) is 49.1 Å². The first kappa shape index (κ1) is 17.2. The molecule has 0 bridgehead atoms. The molecule has 1 aliphatic carbocycles. The molecule has 0 saturated heterocycles. The van der Waals surface area contributed by atoms with Crippen molar-refractivity contribution < 1.29 is 14.3 Å². The van der Waals surface area contributed by atoms with E-state index in [2.05, 4.69) is 10.3 Å². The number of ether oxygens (including phenoxy) is 2. The minimum atomic E-state index is -0.0105. The van der Waals surface area contributed by atoms with Crippen LogP contribution < -0.4 is 14.8 Å². The van der Waals surface area contributed by atoms with E-state index in [1.165, 1.54) is 4.88 Å². The smallest absolute Gasteiger partial charge is 0.231 e. The van der Waals surface area contributed by atoms with Gasteiger partial charge in [-0.3, -0.25) is 9.78 Å². The molecule has 5 rings (SSSR count). The van der Waals surface area contributed by atoms with Crippen LogP contribution in [0.15, 0.2) is 42.7 Å². The number of nitrogens with one attached hydrogen (secondary N) is 1. The van der Waals surface area contributed by atoms with Gasteiger partial charge in [-0.15, -0.1) is 11.3 Å². The molecule has 1 unspecified atom stereocenters. The maximum atomic E-state index is 12.7. The molecule has 0 saturated carbocycles. The fourth-order valence-electron chi connectivity index (χ4n) is 3.60. The molecule has 2 aromatic heterocycles. The Morgan fingerprint density at radius 3 is 3.07 bits per heavy atom. The molecule has 0 radical (unpaired) electrons. The van der Waals surface area contributed by atoms with E-state index in [-0.39, 0.29) is 18.6 Å². The van der Waals surface area contributed by atoms with Crippen LogP contribution in [-0.4, -0.2) is 22.7 Å². The molecule has 28 heavy (non-hydrogen) atoms. The first-order valence-corrected chi connectivity index (χ1v) is 10.1. The predicted octanol–water partition coefficient (Wildman–Crippen LogP) is 3.36. The molecule has 3 aromatic rings. The van der Waals surface area contributed by atoms with Crippen molar-refractivity contribution >= 4 is 17.2 Å². The number of aryl methyl sites for hydroxylation is 1. The summed E-state index contributed by atoms with van der Waals surface area (Å²) in [5.41, 5.74) is 3.17. The van der Waals surface area contributed by atoms with Gasteiger partial charge in [-0.25, -0.2) is 4.98 Å². The fraction of sp³-hybridized carbons (Fsp3) is 0.286. The molecule has 1 N–H and O–H groups in total.